The Kier molecular flexibility index (Phi) is 4.18. The predicted molar refractivity (Wildman–Crippen MR) is 53.8 cm³/mol. The van der Waals surface area contributed by atoms with Crippen molar-refractivity contribution >= 4 is 5.95 Å². The van der Waals surface area contributed by atoms with Crippen molar-refractivity contribution in [2.24, 2.45) is 0 Å². The van der Waals surface area contributed by atoms with E-state index in [1.54, 1.807) is 6.20 Å². The molecule has 0 aliphatic rings. The minimum Gasteiger partial charge on any atom is -0.353 e. The SMILES string of the molecule is CCNCCNc1nccc(C)n1. The highest BCUT2D eigenvalue weighted by Crippen LogP contribution is 1.97. The summed E-state index contributed by atoms with van der Waals surface area (Å²) in [7, 11) is 0. The summed E-state index contributed by atoms with van der Waals surface area (Å²) in [6, 6.07) is 1.88. The Balaban J connectivity index is 2.28. The molecule has 0 fully saturated rings. The fraction of sp³-hybridized carbons (Fsp3) is 0.556. The maximum atomic E-state index is 4.22. The quantitative estimate of drug-likeness (QED) is 0.658. The van der Waals surface area contributed by atoms with E-state index in [0.29, 0.717) is 5.95 Å². The van der Waals surface area contributed by atoms with Crippen LogP contribution in [0.3, 0.4) is 0 Å². The molecule has 0 aliphatic heterocycles. The molecule has 0 unspecified atom stereocenters. The van der Waals surface area contributed by atoms with Gasteiger partial charge in [0.1, 0.15) is 0 Å². The topological polar surface area (TPSA) is 49.8 Å². The zero-order valence-corrected chi connectivity index (χ0v) is 8.17. The molecule has 0 aromatic carbocycles. The molecule has 1 heterocycles. The number of rotatable bonds is 5. The van der Waals surface area contributed by atoms with Crippen molar-refractivity contribution in [3.05, 3.63) is 18.0 Å². The molecule has 0 saturated heterocycles. The first-order valence-corrected chi connectivity index (χ1v) is 4.57. The van der Waals surface area contributed by atoms with Crippen molar-refractivity contribution in [2.75, 3.05) is 25.0 Å². The zero-order valence-electron chi connectivity index (χ0n) is 8.17. The molecule has 13 heavy (non-hydrogen) atoms. The smallest absolute Gasteiger partial charge is 0.222 e. The lowest BCUT2D eigenvalue weighted by atomic mass is 10.5. The molecule has 1 aromatic rings. The normalized spacial score (nSPS) is 10.0. The number of aryl methyl sites for hydroxylation is 1. The second-order valence-corrected chi connectivity index (χ2v) is 2.80. The molecular formula is C9H16N4. The average Bonchev–Trinajstić information content (AvgIpc) is 2.13. The number of nitrogens with one attached hydrogen (secondary N) is 2. The van der Waals surface area contributed by atoms with Crippen molar-refractivity contribution in [1.82, 2.24) is 15.3 Å². The van der Waals surface area contributed by atoms with Gasteiger partial charge in [0, 0.05) is 25.0 Å². The van der Waals surface area contributed by atoms with Crippen LogP contribution in [0, 0.1) is 6.92 Å². The maximum Gasteiger partial charge on any atom is 0.222 e. The van der Waals surface area contributed by atoms with Gasteiger partial charge < -0.3 is 10.6 Å². The van der Waals surface area contributed by atoms with Crippen molar-refractivity contribution < 1.29 is 0 Å². The summed E-state index contributed by atoms with van der Waals surface area (Å²) in [4.78, 5) is 8.31. The van der Waals surface area contributed by atoms with Crippen LogP contribution in [0.4, 0.5) is 5.95 Å². The molecule has 0 amide bonds. The fourth-order valence-electron chi connectivity index (χ4n) is 0.974. The lowest BCUT2D eigenvalue weighted by Crippen LogP contribution is -2.22. The summed E-state index contributed by atoms with van der Waals surface area (Å²) >= 11 is 0. The Labute approximate surface area is 78.8 Å². The third kappa shape index (κ3) is 3.85. The minimum atomic E-state index is 0.706. The number of nitrogens with zero attached hydrogens (tertiary/aromatic N) is 2. The summed E-state index contributed by atoms with van der Waals surface area (Å²) in [6.45, 7) is 6.84. The molecule has 0 saturated carbocycles. The van der Waals surface area contributed by atoms with Gasteiger partial charge in [-0.25, -0.2) is 9.97 Å². The number of aromatic nitrogens is 2. The highest BCUT2D eigenvalue weighted by molar-refractivity contribution is 5.24. The van der Waals surface area contributed by atoms with Crippen molar-refractivity contribution in [3.63, 3.8) is 0 Å². The van der Waals surface area contributed by atoms with Crippen LogP contribution < -0.4 is 10.6 Å². The van der Waals surface area contributed by atoms with Gasteiger partial charge in [0.15, 0.2) is 0 Å². The Morgan fingerprint density at radius 1 is 1.38 bits per heavy atom. The van der Waals surface area contributed by atoms with Gasteiger partial charge in [-0.3, -0.25) is 0 Å². The van der Waals surface area contributed by atoms with Crippen LogP contribution in [-0.2, 0) is 0 Å². The Hall–Kier alpha value is -1.16. The molecule has 72 valence electrons. The van der Waals surface area contributed by atoms with Gasteiger partial charge >= 0.3 is 0 Å². The Morgan fingerprint density at radius 2 is 2.23 bits per heavy atom. The Morgan fingerprint density at radius 3 is 2.92 bits per heavy atom. The van der Waals surface area contributed by atoms with Crippen molar-refractivity contribution in [1.29, 1.82) is 0 Å². The van der Waals surface area contributed by atoms with E-state index in [4.69, 9.17) is 0 Å². The van der Waals surface area contributed by atoms with Gasteiger partial charge in [0.25, 0.3) is 0 Å². The molecule has 4 heteroatoms. The summed E-state index contributed by atoms with van der Waals surface area (Å²) in [6.07, 6.45) is 1.76. The fourth-order valence-corrected chi connectivity index (χ4v) is 0.974. The third-order valence-electron chi connectivity index (χ3n) is 1.63. The monoisotopic (exact) mass is 180 g/mol. The lowest BCUT2D eigenvalue weighted by Gasteiger charge is -2.04. The standard InChI is InChI=1S/C9H16N4/c1-3-10-6-7-12-9-11-5-4-8(2)13-9/h4-5,10H,3,6-7H2,1-2H3,(H,11,12,13). The third-order valence-corrected chi connectivity index (χ3v) is 1.63. The first kappa shape index (κ1) is 9.92. The average molecular weight is 180 g/mol. The van der Waals surface area contributed by atoms with Gasteiger partial charge in [0.2, 0.25) is 5.95 Å². The van der Waals surface area contributed by atoms with Crippen LogP contribution >= 0.6 is 0 Å². The molecule has 0 spiro atoms. The molecule has 0 radical (unpaired) electrons. The molecule has 0 aliphatic carbocycles. The van der Waals surface area contributed by atoms with Gasteiger partial charge in [-0.15, -0.1) is 0 Å². The van der Waals surface area contributed by atoms with Gasteiger partial charge in [-0.05, 0) is 19.5 Å². The van der Waals surface area contributed by atoms with Gasteiger partial charge in [-0.2, -0.15) is 0 Å². The second kappa shape index (κ2) is 5.48. The van der Waals surface area contributed by atoms with Crippen LogP contribution in [0.25, 0.3) is 0 Å². The largest absolute Gasteiger partial charge is 0.353 e. The van der Waals surface area contributed by atoms with Crippen LogP contribution in [0.1, 0.15) is 12.6 Å². The lowest BCUT2D eigenvalue weighted by molar-refractivity contribution is 0.736. The number of hydrogen-bond donors (Lipinski definition) is 2. The van der Waals surface area contributed by atoms with Crippen molar-refractivity contribution in [3.8, 4) is 0 Å². The molecule has 0 bridgehead atoms. The summed E-state index contributed by atoms with van der Waals surface area (Å²) < 4.78 is 0. The summed E-state index contributed by atoms with van der Waals surface area (Å²) in [5, 5.41) is 6.35. The van der Waals surface area contributed by atoms with Crippen LogP contribution in [-0.4, -0.2) is 29.6 Å². The summed E-state index contributed by atoms with van der Waals surface area (Å²) in [5.74, 6) is 0.706. The number of anilines is 1. The van der Waals surface area contributed by atoms with E-state index in [9.17, 15) is 0 Å². The highest BCUT2D eigenvalue weighted by Gasteiger charge is 1.93. The number of hydrogen-bond acceptors (Lipinski definition) is 4. The van der Waals surface area contributed by atoms with E-state index in [0.717, 1.165) is 25.3 Å². The van der Waals surface area contributed by atoms with Crippen LogP contribution in [0.2, 0.25) is 0 Å². The molecular weight excluding hydrogens is 164 g/mol. The van der Waals surface area contributed by atoms with E-state index in [2.05, 4.69) is 27.5 Å². The molecule has 0 atom stereocenters. The first-order valence-electron chi connectivity index (χ1n) is 4.57. The van der Waals surface area contributed by atoms with E-state index >= 15 is 0 Å². The van der Waals surface area contributed by atoms with E-state index in [1.165, 1.54) is 0 Å². The van der Waals surface area contributed by atoms with E-state index in [1.807, 2.05) is 13.0 Å². The molecule has 1 aromatic heterocycles. The first-order chi connectivity index (χ1) is 6.33. The molecule has 1 rings (SSSR count). The number of likely N-dealkylation sites (N-methyl/N-ethyl adjacent to an activating group) is 1. The van der Waals surface area contributed by atoms with Gasteiger partial charge in [0.05, 0.1) is 0 Å². The zero-order chi connectivity index (χ0) is 9.52. The van der Waals surface area contributed by atoms with E-state index < -0.39 is 0 Å². The Bertz CT molecular complexity index is 249. The predicted octanol–water partition coefficient (Wildman–Crippen LogP) is 0.806. The maximum absolute atomic E-state index is 4.22. The van der Waals surface area contributed by atoms with Crippen LogP contribution in [0.5, 0.6) is 0 Å². The molecule has 4 nitrogen and oxygen atoms in total. The summed E-state index contributed by atoms with van der Waals surface area (Å²) in [5.41, 5.74) is 0.987. The van der Waals surface area contributed by atoms with Gasteiger partial charge in [-0.1, -0.05) is 6.92 Å². The highest BCUT2D eigenvalue weighted by atomic mass is 15.1. The van der Waals surface area contributed by atoms with Crippen molar-refractivity contribution in [2.45, 2.75) is 13.8 Å². The van der Waals surface area contributed by atoms with E-state index in [-0.39, 0.29) is 0 Å². The molecule has 2 N–H and O–H groups in total. The van der Waals surface area contributed by atoms with Crippen LogP contribution in [0.15, 0.2) is 12.3 Å². The minimum absolute atomic E-state index is 0.706. The second-order valence-electron chi connectivity index (χ2n) is 2.80.